The van der Waals surface area contributed by atoms with Crippen LogP contribution in [0.2, 0.25) is 0 Å². The van der Waals surface area contributed by atoms with E-state index in [0.29, 0.717) is 18.9 Å². The minimum Gasteiger partial charge on any atom is -0.489 e. The summed E-state index contributed by atoms with van der Waals surface area (Å²) in [7, 11) is 0. The van der Waals surface area contributed by atoms with Crippen molar-refractivity contribution < 1.29 is 20.1 Å². The van der Waals surface area contributed by atoms with Crippen LogP contribution in [0, 0.1) is 0 Å². The van der Waals surface area contributed by atoms with E-state index >= 15 is 0 Å². The van der Waals surface area contributed by atoms with E-state index in [0.717, 1.165) is 5.56 Å². The Labute approximate surface area is 113 Å². The largest absolute Gasteiger partial charge is 0.489 e. The molecule has 1 rings (SSSR count). The van der Waals surface area contributed by atoms with E-state index in [1.54, 1.807) is 6.08 Å². The Morgan fingerprint density at radius 2 is 1.79 bits per heavy atom. The lowest BCUT2D eigenvalue weighted by molar-refractivity contribution is 0.0412. The summed E-state index contributed by atoms with van der Waals surface area (Å²) in [4.78, 5) is 0. The van der Waals surface area contributed by atoms with Crippen LogP contribution < -0.4 is 10.1 Å². The van der Waals surface area contributed by atoms with Gasteiger partial charge in [-0.25, -0.2) is 0 Å². The van der Waals surface area contributed by atoms with Crippen molar-refractivity contribution in [3.63, 3.8) is 0 Å². The number of benzene rings is 1. The molecule has 4 N–H and O–H groups in total. The first-order valence-corrected chi connectivity index (χ1v) is 6.10. The molecule has 1 aromatic rings. The Morgan fingerprint density at radius 1 is 1.16 bits per heavy atom. The molecule has 1 aromatic carbocycles. The third-order valence-electron chi connectivity index (χ3n) is 2.89. The maximum atomic E-state index is 9.24. The van der Waals surface area contributed by atoms with Crippen LogP contribution in [0.3, 0.4) is 0 Å². The van der Waals surface area contributed by atoms with Gasteiger partial charge in [0.2, 0.25) is 0 Å². The van der Waals surface area contributed by atoms with Crippen molar-refractivity contribution in [2.75, 3.05) is 26.4 Å². The van der Waals surface area contributed by atoms with Crippen molar-refractivity contribution in [1.29, 1.82) is 0 Å². The topological polar surface area (TPSA) is 82.0 Å². The molecule has 0 fully saturated rings. The van der Waals surface area contributed by atoms with Gasteiger partial charge in [0.1, 0.15) is 12.4 Å². The third kappa shape index (κ3) is 4.33. The van der Waals surface area contributed by atoms with E-state index in [-0.39, 0.29) is 19.8 Å². The van der Waals surface area contributed by atoms with Gasteiger partial charge < -0.3 is 25.4 Å². The van der Waals surface area contributed by atoms with Crippen molar-refractivity contribution in [3.05, 3.63) is 42.5 Å². The predicted molar refractivity (Wildman–Crippen MR) is 73.0 cm³/mol. The highest BCUT2D eigenvalue weighted by Crippen LogP contribution is 2.18. The fraction of sp³-hybridized carbons (Fsp3) is 0.429. The Morgan fingerprint density at radius 3 is 2.37 bits per heavy atom. The highest BCUT2D eigenvalue weighted by atomic mass is 16.5. The van der Waals surface area contributed by atoms with Crippen LogP contribution in [-0.2, 0) is 6.54 Å². The van der Waals surface area contributed by atoms with E-state index in [1.165, 1.54) is 0 Å². The van der Waals surface area contributed by atoms with Gasteiger partial charge >= 0.3 is 0 Å². The van der Waals surface area contributed by atoms with Gasteiger partial charge in [0, 0.05) is 12.1 Å². The molecule has 0 bridgehead atoms. The van der Waals surface area contributed by atoms with E-state index in [2.05, 4.69) is 11.9 Å². The quantitative estimate of drug-likeness (QED) is 0.476. The Hall–Kier alpha value is -1.40. The number of aliphatic hydroxyl groups is 3. The van der Waals surface area contributed by atoms with Gasteiger partial charge in [-0.1, -0.05) is 30.9 Å². The van der Waals surface area contributed by atoms with Gasteiger partial charge in [0.15, 0.2) is 0 Å². The van der Waals surface area contributed by atoms with E-state index < -0.39 is 5.54 Å². The van der Waals surface area contributed by atoms with E-state index in [4.69, 9.17) is 4.74 Å². The molecule has 106 valence electrons. The Balaban J connectivity index is 2.73. The van der Waals surface area contributed by atoms with Crippen LogP contribution in [0.15, 0.2) is 36.9 Å². The van der Waals surface area contributed by atoms with Crippen molar-refractivity contribution in [2.24, 2.45) is 0 Å². The monoisotopic (exact) mass is 267 g/mol. The standard InChI is InChI=1S/C14H21NO4/c1-2-7-19-13-6-4-3-5-12(13)8-15-14(9-16,10-17)11-18/h2-6,15-18H,1,7-11H2. The van der Waals surface area contributed by atoms with Crippen LogP contribution in [0.1, 0.15) is 5.56 Å². The van der Waals surface area contributed by atoms with Gasteiger partial charge in [-0.15, -0.1) is 0 Å². The zero-order valence-electron chi connectivity index (χ0n) is 10.9. The lowest BCUT2D eigenvalue weighted by atomic mass is 10.0. The minimum absolute atomic E-state index is 0.352. The molecule has 0 aliphatic rings. The van der Waals surface area contributed by atoms with Crippen LogP contribution >= 0.6 is 0 Å². The number of rotatable bonds is 9. The van der Waals surface area contributed by atoms with Crippen LogP contribution in [-0.4, -0.2) is 47.3 Å². The number of hydrogen-bond donors (Lipinski definition) is 4. The normalized spacial score (nSPS) is 11.3. The van der Waals surface area contributed by atoms with Crippen molar-refractivity contribution in [2.45, 2.75) is 12.1 Å². The second-order valence-electron chi connectivity index (χ2n) is 4.32. The highest BCUT2D eigenvalue weighted by Gasteiger charge is 2.27. The number of nitrogens with one attached hydrogen (secondary N) is 1. The maximum absolute atomic E-state index is 9.24. The minimum atomic E-state index is -1.09. The molecule has 0 heterocycles. The molecule has 0 unspecified atom stereocenters. The van der Waals surface area contributed by atoms with E-state index in [9.17, 15) is 15.3 Å². The molecular formula is C14H21NO4. The van der Waals surface area contributed by atoms with Crippen LogP contribution in [0.4, 0.5) is 0 Å². The van der Waals surface area contributed by atoms with Gasteiger partial charge in [0.25, 0.3) is 0 Å². The predicted octanol–water partition coefficient (Wildman–Crippen LogP) is 0.0567. The van der Waals surface area contributed by atoms with Crippen molar-refractivity contribution >= 4 is 0 Å². The summed E-state index contributed by atoms with van der Waals surface area (Å²) in [5.74, 6) is 0.706. The molecule has 0 saturated heterocycles. The fourth-order valence-corrected chi connectivity index (χ4v) is 1.54. The smallest absolute Gasteiger partial charge is 0.124 e. The molecule has 0 aliphatic carbocycles. The molecule has 0 saturated carbocycles. The molecule has 0 radical (unpaired) electrons. The summed E-state index contributed by atoms with van der Waals surface area (Å²) >= 11 is 0. The molecule has 0 amide bonds. The number of para-hydroxylation sites is 1. The van der Waals surface area contributed by atoms with Crippen molar-refractivity contribution in [3.8, 4) is 5.75 Å². The molecule has 5 heteroatoms. The second-order valence-corrected chi connectivity index (χ2v) is 4.32. The summed E-state index contributed by atoms with van der Waals surface area (Å²) in [6, 6.07) is 7.44. The summed E-state index contributed by atoms with van der Waals surface area (Å²) in [5, 5.41) is 30.7. The van der Waals surface area contributed by atoms with Gasteiger partial charge in [-0.05, 0) is 6.07 Å². The van der Waals surface area contributed by atoms with Gasteiger partial charge in [-0.3, -0.25) is 0 Å². The fourth-order valence-electron chi connectivity index (χ4n) is 1.54. The molecule has 0 atom stereocenters. The maximum Gasteiger partial charge on any atom is 0.124 e. The zero-order valence-corrected chi connectivity index (χ0v) is 10.9. The average molecular weight is 267 g/mol. The van der Waals surface area contributed by atoms with Gasteiger partial charge in [0.05, 0.1) is 25.4 Å². The molecule has 19 heavy (non-hydrogen) atoms. The van der Waals surface area contributed by atoms with Gasteiger partial charge in [-0.2, -0.15) is 0 Å². The van der Waals surface area contributed by atoms with E-state index in [1.807, 2.05) is 24.3 Å². The Kier molecular flexibility index (Phi) is 6.52. The van der Waals surface area contributed by atoms with Crippen molar-refractivity contribution in [1.82, 2.24) is 5.32 Å². The summed E-state index contributed by atoms with van der Waals surface area (Å²) in [6.07, 6.45) is 1.66. The lowest BCUT2D eigenvalue weighted by Crippen LogP contribution is -2.54. The van der Waals surface area contributed by atoms with Crippen LogP contribution in [0.5, 0.6) is 5.75 Å². The summed E-state index contributed by atoms with van der Waals surface area (Å²) in [6.45, 7) is 3.31. The SMILES string of the molecule is C=CCOc1ccccc1CNC(CO)(CO)CO. The summed E-state index contributed by atoms with van der Waals surface area (Å²) in [5.41, 5.74) is -0.213. The molecule has 5 nitrogen and oxygen atoms in total. The summed E-state index contributed by atoms with van der Waals surface area (Å²) < 4.78 is 5.51. The number of hydrogen-bond acceptors (Lipinski definition) is 5. The highest BCUT2D eigenvalue weighted by molar-refractivity contribution is 5.33. The molecule has 0 aromatic heterocycles. The molecular weight excluding hydrogens is 246 g/mol. The number of ether oxygens (including phenoxy) is 1. The van der Waals surface area contributed by atoms with Crippen LogP contribution in [0.25, 0.3) is 0 Å². The first-order chi connectivity index (χ1) is 9.21. The third-order valence-corrected chi connectivity index (χ3v) is 2.89. The first kappa shape index (κ1) is 15.7. The molecule has 0 spiro atoms. The average Bonchev–Trinajstić information content (AvgIpc) is 2.48. The second kappa shape index (κ2) is 7.91. The number of aliphatic hydroxyl groups excluding tert-OH is 3. The lowest BCUT2D eigenvalue weighted by Gasteiger charge is -2.29. The molecule has 0 aliphatic heterocycles. The first-order valence-electron chi connectivity index (χ1n) is 6.10. The zero-order chi connectivity index (χ0) is 14.1. The Bertz CT molecular complexity index is 383.